The monoisotopic (exact) mass is 285 g/mol. The van der Waals surface area contributed by atoms with Gasteiger partial charge < -0.3 is 20.3 Å². The first-order chi connectivity index (χ1) is 9.52. The van der Waals surface area contributed by atoms with Gasteiger partial charge in [0.15, 0.2) is 0 Å². The lowest BCUT2D eigenvalue weighted by molar-refractivity contribution is -0.137. The molecule has 0 saturated carbocycles. The number of aliphatic carboxylic acids is 1. The number of nitrogens with one attached hydrogen (secondary N) is 1. The van der Waals surface area contributed by atoms with Crippen molar-refractivity contribution in [3.05, 3.63) is 24.3 Å². The highest BCUT2D eigenvalue weighted by molar-refractivity contribution is 5.67. The molecule has 0 aromatic carbocycles. The summed E-state index contributed by atoms with van der Waals surface area (Å²) in [5, 5.41) is 19.9. The summed E-state index contributed by atoms with van der Waals surface area (Å²) in [6, 6.07) is 0. The predicted octanol–water partition coefficient (Wildman–Crippen LogP) is 1.85. The topological polar surface area (TPSA) is 95.9 Å². The zero-order valence-electron chi connectivity index (χ0n) is 11.7. The number of carboxylic acid groups (broad SMARTS) is 1. The molecule has 1 amide bonds. The molecule has 20 heavy (non-hydrogen) atoms. The van der Waals surface area contributed by atoms with Gasteiger partial charge in [0.05, 0.1) is 12.7 Å². The Morgan fingerprint density at radius 1 is 1.25 bits per heavy atom. The maximum Gasteiger partial charge on any atom is 0.407 e. The van der Waals surface area contributed by atoms with E-state index >= 15 is 0 Å². The first-order valence-corrected chi connectivity index (χ1v) is 6.66. The Morgan fingerprint density at radius 3 is 2.65 bits per heavy atom. The number of aliphatic hydroxyl groups is 1. The van der Waals surface area contributed by atoms with Crippen LogP contribution in [-0.4, -0.2) is 41.5 Å². The van der Waals surface area contributed by atoms with E-state index in [-0.39, 0.29) is 13.0 Å². The normalized spacial score (nSPS) is 12.7. The Bertz CT molecular complexity index is 336. The van der Waals surface area contributed by atoms with Crippen LogP contribution in [0.2, 0.25) is 0 Å². The molecule has 6 nitrogen and oxygen atoms in total. The number of ether oxygens (including phenoxy) is 1. The third-order valence-corrected chi connectivity index (χ3v) is 2.27. The van der Waals surface area contributed by atoms with Crippen LogP contribution < -0.4 is 5.32 Å². The third-order valence-electron chi connectivity index (χ3n) is 2.27. The van der Waals surface area contributed by atoms with E-state index in [1.165, 1.54) is 0 Å². The first-order valence-electron chi connectivity index (χ1n) is 6.66. The van der Waals surface area contributed by atoms with Gasteiger partial charge in [0.25, 0.3) is 0 Å². The van der Waals surface area contributed by atoms with Crippen LogP contribution in [0.25, 0.3) is 0 Å². The molecule has 0 aliphatic carbocycles. The third kappa shape index (κ3) is 14.2. The molecule has 0 aliphatic heterocycles. The molecule has 1 atom stereocenters. The van der Waals surface area contributed by atoms with Crippen molar-refractivity contribution in [1.29, 1.82) is 0 Å². The summed E-state index contributed by atoms with van der Waals surface area (Å²) in [5.74, 6) is -0.805. The number of alkyl carbamates (subject to hydrolysis) is 1. The highest BCUT2D eigenvalue weighted by atomic mass is 16.5. The van der Waals surface area contributed by atoms with Gasteiger partial charge in [0, 0.05) is 13.0 Å². The summed E-state index contributed by atoms with van der Waals surface area (Å²) in [6.45, 7) is 2.29. The van der Waals surface area contributed by atoms with Crippen LogP contribution in [0.5, 0.6) is 0 Å². The van der Waals surface area contributed by atoms with E-state index in [2.05, 4.69) is 5.32 Å². The predicted molar refractivity (Wildman–Crippen MR) is 75.4 cm³/mol. The Labute approximate surface area is 119 Å². The number of carbonyl (C=O) groups is 2. The van der Waals surface area contributed by atoms with Crippen molar-refractivity contribution in [3.8, 4) is 0 Å². The fraction of sp³-hybridized carbons (Fsp3) is 0.571. The SMILES string of the molecule is CC(O)/C=C/C=C/CNC(=O)OCCCCCC(=O)O. The molecular formula is C14H23NO5. The van der Waals surface area contributed by atoms with E-state index in [0.717, 1.165) is 6.42 Å². The van der Waals surface area contributed by atoms with Gasteiger partial charge >= 0.3 is 12.1 Å². The van der Waals surface area contributed by atoms with E-state index in [0.29, 0.717) is 19.4 Å². The number of aliphatic hydroxyl groups excluding tert-OH is 1. The summed E-state index contributed by atoms with van der Waals surface area (Å²) in [5.41, 5.74) is 0. The van der Waals surface area contributed by atoms with Crippen LogP contribution in [0, 0.1) is 0 Å². The minimum atomic E-state index is -0.805. The molecule has 6 heteroatoms. The van der Waals surface area contributed by atoms with Gasteiger partial charge in [-0.25, -0.2) is 4.79 Å². The molecule has 0 aromatic heterocycles. The summed E-state index contributed by atoms with van der Waals surface area (Å²) in [4.78, 5) is 21.5. The van der Waals surface area contributed by atoms with Crippen LogP contribution in [0.1, 0.15) is 32.6 Å². The molecule has 0 aromatic rings. The minimum absolute atomic E-state index is 0.150. The molecule has 0 aliphatic rings. The zero-order chi connectivity index (χ0) is 15.2. The number of unbranched alkanes of at least 4 members (excludes halogenated alkanes) is 2. The second-order valence-electron chi connectivity index (χ2n) is 4.27. The van der Waals surface area contributed by atoms with Gasteiger partial charge in [0.2, 0.25) is 0 Å². The second kappa shape index (κ2) is 12.2. The van der Waals surface area contributed by atoms with Crippen molar-refractivity contribution in [2.24, 2.45) is 0 Å². The van der Waals surface area contributed by atoms with Gasteiger partial charge in [-0.1, -0.05) is 24.3 Å². The number of carboxylic acids is 1. The van der Waals surface area contributed by atoms with E-state index in [9.17, 15) is 9.59 Å². The van der Waals surface area contributed by atoms with E-state index in [1.807, 2.05) is 0 Å². The van der Waals surface area contributed by atoms with Crippen LogP contribution >= 0.6 is 0 Å². The summed E-state index contributed by atoms with van der Waals surface area (Å²) in [7, 11) is 0. The molecule has 3 N–H and O–H groups in total. The number of carbonyl (C=O) groups excluding carboxylic acids is 1. The number of amides is 1. The van der Waals surface area contributed by atoms with Crippen LogP contribution in [0.15, 0.2) is 24.3 Å². The largest absolute Gasteiger partial charge is 0.481 e. The average Bonchev–Trinajstić information content (AvgIpc) is 2.37. The van der Waals surface area contributed by atoms with E-state index in [4.69, 9.17) is 14.9 Å². The smallest absolute Gasteiger partial charge is 0.407 e. The number of hydrogen-bond acceptors (Lipinski definition) is 4. The highest BCUT2D eigenvalue weighted by Crippen LogP contribution is 1.99. The first kappa shape index (κ1) is 18.2. The van der Waals surface area contributed by atoms with Crippen LogP contribution in [0.3, 0.4) is 0 Å². The number of hydrogen-bond donors (Lipinski definition) is 3. The molecule has 0 fully saturated rings. The second-order valence-corrected chi connectivity index (χ2v) is 4.27. The Hall–Kier alpha value is -1.82. The summed E-state index contributed by atoms with van der Waals surface area (Å²) < 4.78 is 4.90. The molecular weight excluding hydrogens is 262 g/mol. The number of allylic oxidation sites excluding steroid dienone is 2. The molecule has 0 heterocycles. The molecule has 0 bridgehead atoms. The minimum Gasteiger partial charge on any atom is -0.481 e. The molecule has 1 unspecified atom stereocenters. The lowest BCUT2D eigenvalue weighted by Crippen LogP contribution is -2.24. The summed E-state index contributed by atoms with van der Waals surface area (Å²) >= 11 is 0. The van der Waals surface area contributed by atoms with Gasteiger partial charge in [-0.15, -0.1) is 0 Å². The zero-order valence-corrected chi connectivity index (χ0v) is 11.7. The fourth-order valence-corrected chi connectivity index (χ4v) is 1.28. The lowest BCUT2D eigenvalue weighted by Gasteiger charge is -2.04. The Balaban J connectivity index is 3.43. The molecule has 0 radical (unpaired) electrons. The fourth-order valence-electron chi connectivity index (χ4n) is 1.28. The molecule has 0 rings (SSSR count). The molecule has 0 saturated heterocycles. The maximum atomic E-state index is 11.2. The van der Waals surface area contributed by atoms with Crippen LogP contribution in [-0.2, 0) is 9.53 Å². The van der Waals surface area contributed by atoms with Crippen molar-refractivity contribution in [2.75, 3.05) is 13.2 Å². The van der Waals surface area contributed by atoms with Crippen LogP contribution in [0.4, 0.5) is 4.79 Å². The highest BCUT2D eigenvalue weighted by Gasteiger charge is 2.00. The van der Waals surface area contributed by atoms with Crippen molar-refractivity contribution >= 4 is 12.1 Å². The van der Waals surface area contributed by atoms with E-state index in [1.54, 1.807) is 31.2 Å². The van der Waals surface area contributed by atoms with Gasteiger partial charge in [0.1, 0.15) is 0 Å². The molecule has 114 valence electrons. The van der Waals surface area contributed by atoms with Crippen molar-refractivity contribution in [3.63, 3.8) is 0 Å². The van der Waals surface area contributed by atoms with E-state index < -0.39 is 18.2 Å². The van der Waals surface area contributed by atoms with Crippen molar-refractivity contribution < 1.29 is 24.5 Å². The standard InChI is InChI=1S/C14H23NO5/c1-12(16)8-4-2-6-10-15-14(19)20-11-7-3-5-9-13(17)18/h2,4,6,8,12,16H,3,5,7,9-11H2,1H3,(H,15,19)(H,17,18)/b6-2+,8-4+. The Kier molecular flexibility index (Phi) is 11.1. The van der Waals surface area contributed by atoms with Gasteiger partial charge in [-0.2, -0.15) is 0 Å². The quantitative estimate of drug-likeness (QED) is 0.420. The van der Waals surface area contributed by atoms with Crippen molar-refractivity contribution in [1.82, 2.24) is 5.32 Å². The average molecular weight is 285 g/mol. The van der Waals surface area contributed by atoms with Gasteiger partial charge in [-0.3, -0.25) is 4.79 Å². The molecule has 0 spiro atoms. The van der Waals surface area contributed by atoms with Gasteiger partial charge in [-0.05, 0) is 26.2 Å². The summed E-state index contributed by atoms with van der Waals surface area (Å²) in [6.07, 6.45) is 7.91. The van der Waals surface area contributed by atoms with Crippen molar-refractivity contribution in [2.45, 2.75) is 38.7 Å². The Morgan fingerprint density at radius 2 is 2.00 bits per heavy atom. The maximum absolute atomic E-state index is 11.2. The lowest BCUT2D eigenvalue weighted by atomic mass is 10.2. The number of rotatable bonds is 10.